The normalized spacial score (nSPS) is 10.8. The standard InChI is InChI=1S/C26H21BrN2O5/c1-2-33-24-14-18(13-20(15-28)25(30)29-22-10-8-21(27)9-11-22)5-12-23(24)34-16-17-3-6-19(7-4-17)26(31)32/h3-14H,2,16H2,1H3,(H,29,30)(H,31,32)/b20-13-. The van der Waals surface area contributed by atoms with Gasteiger partial charge in [-0.25, -0.2) is 4.79 Å². The van der Waals surface area contributed by atoms with Gasteiger partial charge in [-0.3, -0.25) is 4.79 Å². The molecule has 0 aliphatic rings. The van der Waals surface area contributed by atoms with E-state index in [9.17, 15) is 14.9 Å². The van der Waals surface area contributed by atoms with Gasteiger partial charge < -0.3 is 19.9 Å². The Labute approximate surface area is 205 Å². The van der Waals surface area contributed by atoms with E-state index in [0.717, 1.165) is 10.0 Å². The van der Waals surface area contributed by atoms with Gasteiger partial charge in [0.15, 0.2) is 11.5 Å². The zero-order valence-corrected chi connectivity index (χ0v) is 19.8. The molecule has 0 bridgehead atoms. The summed E-state index contributed by atoms with van der Waals surface area (Å²) in [5, 5.41) is 21.2. The maximum Gasteiger partial charge on any atom is 0.335 e. The van der Waals surface area contributed by atoms with Crippen LogP contribution in [0, 0.1) is 11.3 Å². The predicted octanol–water partition coefficient (Wildman–Crippen LogP) is 5.67. The van der Waals surface area contributed by atoms with E-state index in [4.69, 9.17) is 14.6 Å². The third-order valence-electron chi connectivity index (χ3n) is 4.64. The van der Waals surface area contributed by atoms with Crippen molar-refractivity contribution in [2.24, 2.45) is 0 Å². The predicted molar refractivity (Wildman–Crippen MR) is 132 cm³/mol. The molecule has 34 heavy (non-hydrogen) atoms. The third kappa shape index (κ3) is 6.70. The molecule has 0 radical (unpaired) electrons. The first-order valence-corrected chi connectivity index (χ1v) is 11.1. The molecule has 2 N–H and O–H groups in total. The van der Waals surface area contributed by atoms with Crippen LogP contribution < -0.4 is 14.8 Å². The van der Waals surface area contributed by atoms with Crippen LogP contribution in [0.15, 0.2) is 76.8 Å². The summed E-state index contributed by atoms with van der Waals surface area (Å²) in [6.45, 7) is 2.45. The first-order chi connectivity index (χ1) is 16.4. The monoisotopic (exact) mass is 520 g/mol. The number of nitrogens with zero attached hydrogens (tertiary/aromatic N) is 1. The number of aromatic carboxylic acids is 1. The van der Waals surface area contributed by atoms with Gasteiger partial charge in [0.05, 0.1) is 12.2 Å². The number of nitrogens with one attached hydrogen (secondary N) is 1. The summed E-state index contributed by atoms with van der Waals surface area (Å²) in [4.78, 5) is 23.5. The molecule has 1 amide bonds. The molecule has 0 unspecified atom stereocenters. The fraction of sp³-hybridized carbons (Fsp3) is 0.115. The Kier molecular flexibility index (Phi) is 8.43. The number of carbonyl (C=O) groups excluding carboxylic acids is 1. The number of carboxylic acids is 1. The summed E-state index contributed by atoms with van der Waals surface area (Å²) in [7, 11) is 0. The van der Waals surface area contributed by atoms with Gasteiger partial charge in [0, 0.05) is 10.2 Å². The first-order valence-electron chi connectivity index (χ1n) is 10.3. The van der Waals surface area contributed by atoms with Crippen molar-refractivity contribution < 1.29 is 24.2 Å². The minimum atomic E-state index is -0.989. The van der Waals surface area contributed by atoms with Crippen molar-refractivity contribution in [1.82, 2.24) is 0 Å². The number of carbonyl (C=O) groups is 2. The molecule has 0 heterocycles. The lowest BCUT2D eigenvalue weighted by Crippen LogP contribution is -2.13. The Morgan fingerprint density at radius 1 is 1.03 bits per heavy atom. The molecular formula is C26H21BrN2O5. The average Bonchev–Trinajstić information content (AvgIpc) is 2.83. The Morgan fingerprint density at radius 3 is 2.35 bits per heavy atom. The largest absolute Gasteiger partial charge is 0.490 e. The molecule has 3 rings (SSSR count). The Morgan fingerprint density at radius 2 is 1.74 bits per heavy atom. The van der Waals surface area contributed by atoms with Crippen LogP contribution in [0.5, 0.6) is 11.5 Å². The smallest absolute Gasteiger partial charge is 0.335 e. The maximum atomic E-state index is 12.5. The summed E-state index contributed by atoms with van der Waals surface area (Å²) in [5.74, 6) is -0.562. The van der Waals surface area contributed by atoms with Crippen molar-refractivity contribution in [3.63, 3.8) is 0 Å². The summed E-state index contributed by atoms with van der Waals surface area (Å²) in [6.07, 6.45) is 1.48. The van der Waals surface area contributed by atoms with E-state index in [1.54, 1.807) is 54.6 Å². The molecule has 3 aromatic carbocycles. The van der Waals surface area contributed by atoms with Gasteiger partial charge >= 0.3 is 5.97 Å². The second kappa shape index (κ2) is 11.7. The molecular weight excluding hydrogens is 500 g/mol. The number of hydrogen-bond acceptors (Lipinski definition) is 5. The number of rotatable bonds is 9. The molecule has 0 fully saturated rings. The number of halogens is 1. The second-order valence-electron chi connectivity index (χ2n) is 7.06. The van der Waals surface area contributed by atoms with E-state index in [1.165, 1.54) is 18.2 Å². The van der Waals surface area contributed by atoms with Gasteiger partial charge in [-0.1, -0.05) is 34.1 Å². The molecule has 0 saturated carbocycles. The van der Waals surface area contributed by atoms with Crippen LogP contribution in [-0.2, 0) is 11.4 Å². The van der Waals surface area contributed by atoms with E-state index in [2.05, 4.69) is 21.2 Å². The van der Waals surface area contributed by atoms with Crippen LogP contribution in [0.4, 0.5) is 5.69 Å². The summed E-state index contributed by atoms with van der Waals surface area (Å²) in [6, 6.07) is 20.5. The van der Waals surface area contributed by atoms with Crippen molar-refractivity contribution in [1.29, 1.82) is 5.26 Å². The van der Waals surface area contributed by atoms with E-state index in [0.29, 0.717) is 29.4 Å². The number of carboxylic acid groups (broad SMARTS) is 1. The molecule has 172 valence electrons. The average molecular weight is 521 g/mol. The number of ether oxygens (including phenoxy) is 2. The number of benzene rings is 3. The van der Waals surface area contributed by atoms with E-state index >= 15 is 0 Å². The number of nitriles is 1. The van der Waals surface area contributed by atoms with Gasteiger partial charge in [-0.2, -0.15) is 5.26 Å². The van der Waals surface area contributed by atoms with Gasteiger partial charge in [0.2, 0.25) is 0 Å². The lowest BCUT2D eigenvalue weighted by atomic mass is 10.1. The quantitative estimate of drug-likeness (QED) is 0.278. The van der Waals surface area contributed by atoms with Crippen LogP contribution in [0.2, 0.25) is 0 Å². The fourth-order valence-electron chi connectivity index (χ4n) is 2.95. The van der Waals surface area contributed by atoms with Crippen molar-refractivity contribution in [2.75, 3.05) is 11.9 Å². The van der Waals surface area contributed by atoms with Crippen molar-refractivity contribution >= 4 is 39.6 Å². The maximum absolute atomic E-state index is 12.5. The van der Waals surface area contributed by atoms with Gasteiger partial charge in [0.25, 0.3) is 5.91 Å². The van der Waals surface area contributed by atoms with E-state index in [1.807, 2.05) is 13.0 Å². The third-order valence-corrected chi connectivity index (χ3v) is 5.17. The number of anilines is 1. The Bertz CT molecular complexity index is 1250. The lowest BCUT2D eigenvalue weighted by Gasteiger charge is -2.13. The summed E-state index contributed by atoms with van der Waals surface area (Å²) < 4.78 is 12.4. The van der Waals surface area contributed by atoms with Crippen LogP contribution >= 0.6 is 15.9 Å². The van der Waals surface area contributed by atoms with Crippen LogP contribution in [0.1, 0.15) is 28.4 Å². The molecule has 0 aliphatic carbocycles. The van der Waals surface area contributed by atoms with Crippen LogP contribution in [0.3, 0.4) is 0 Å². The minimum Gasteiger partial charge on any atom is -0.490 e. The highest BCUT2D eigenvalue weighted by Gasteiger charge is 2.12. The molecule has 8 heteroatoms. The molecule has 0 spiro atoms. The van der Waals surface area contributed by atoms with Crippen LogP contribution in [-0.4, -0.2) is 23.6 Å². The molecule has 7 nitrogen and oxygen atoms in total. The van der Waals surface area contributed by atoms with Crippen molar-refractivity contribution in [3.8, 4) is 17.6 Å². The number of amides is 1. The Hall–Kier alpha value is -4.09. The van der Waals surface area contributed by atoms with E-state index in [-0.39, 0.29) is 17.7 Å². The fourth-order valence-corrected chi connectivity index (χ4v) is 3.22. The first kappa shape index (κ1) is 24.6. The Balaban J connectivity index is 1.75. The molecule has 0 aliphatic heterocycles. The van der Waals surface area contributed by atoms with Crippen LogP contribution in [0.25, 0.3) is 6.08 Å². The molecule has 0 aromatic heterocycles. The summed E-state index contributed by atoms with van der Waals surface area (Å²) >= 11 is 3.34. The number of hydrogen-bond donors (Lipinski definition) is 2. The highest BCUT2D eigenvalue weighted by molar-refractivity contribution is 9.10. The highest BCUT2D eigenvalue weighted by atomic mass is 79.9. The second-order valence-corrected chi connectivity index (χ2v) is 7.98. The van der Waals surface area contributed by atoms with E-state index < -0.39 is 11.9 Å². The zero-order valence-electron chi connectivity index (χ0n) is 18.2. The minimum absolute atomic E-state index is 0.0578. The molecule has 0 atom stereocenters. The molecule has 3 aromatic rings. The van der Waals surface area contributed by atoms with Crippen molar-refractivity contribution in [2.45, 2.75) is 13.5 Å². The highest BCUT2D eigenvalue weighted by Crippen LogP contribution is 2.30. The van der Waals surface area contributed by atoms with Gasteiger partial charge in [-0.05, 0) is 72.7 Å². The topological polar surface area (TPSA) is 109 Å². The SMILES string of the molecule is CCOc1cc(/C=C(/C#N)C(=O)Nc2ccc(Br)cc2)ccc1OCc1ccc(C(=O)O)cc1. The van der Waals surface area contributed by atoms with Gasteiger partial charge in [0.1, 0.15) is 18.2 Å². The van der Waals surface area contributed by atoms with Gasteiger partial charge in [-0.15, -0.1) is 0 Å². The summed E-state index contributed by atoms with van der Waals surface area (Å²) in [5.41, 5.74) is 2.12. The van der Waals surface area contributed by atoms with Crippen molar-refractivity contribution in [3.05, 3.63) is 93.5 Å². The molecule has 0 saturated heterocycles. The zero-order chi connectivity index (χ0) is 24.5. The lowest BCUT2D eigenvalue weighted by molar-refractivity contribution is -0.112.